The van der Waals surface area contributed by atoms with Crippen molar-refractivity contribution in [2.75, 3.05) is 0 Å². The molecule has 28 heavy (non-hydrogen) atoms. The van der Waals surface area contributed by atoms with Crippen molar-refractivity contribution in [2.45, 2.75) is 115 Å². The SMILES string of the molecule is CCC1(C)C(C)C2C3C4C(CCC(C)C)C(C)C4(C)C3(C)C21C.CCCCC. The van der Waals surface area contributed by atoms with E-state index in [2.05, 4.69) is 76.2 Å². The minimum absolute atomic E-state index is 0.583. The highest BCUT2D eigenvalue weighted by atomic mass is 15.0. The van der Waals surface area contributed by atoms with Gasteiger partial charge in [-0.05, 0) is 75.9 Å². The Morgan fingerprint density at radius 2 is 1.32 bits per heavy atom. The van der Waals surface area contributed by atoms with E-state index in [-0.39, 0.29) is 0 Å². The maximum Gasteiger partial charge on any atom is -0.0170 e. The Balaban J connectivity index is 0.000000403. The molecular weight excluding hydrogens is 336 g/mol. The highest BCUT2D eigenvalue weighted by molar-refractivity contribution is 5.42. The summed E-state index contributed by atoms with van der Waals surface area (Å²) in [5.41, 5.74) is 2.46. The molecule has 0 aliphatic heterocycles. The molecule has 0 radical (unpaired) electrons. The van der Waals surface area contributed by atoms with Gasteiger partial charge in [0.25, 0.3) is 0 Å². The molecule has 10 unspecified atom stereocenters. The molecule has 0 spiro atoms. The van der Waals surface area contributed by atoms with E-state index in [0.717, 1.165) is 41.4 Å². The maximum absolute atomic E-state index is 2.71. The average molecular weight is 389 g/mol. The molecule has 0 aromatic carbocycles. The predicted molar refractivity (Wildman–Crippen MR) is 124 cm³/mol. The van der Waals surface area contributed by atoms with Crippen LogP contribution in [0.1, 0.15) is 115 Å². The lowest BCUT2D eigenvalue weighted by Gasteiger charge is -2.99. The van der Waals surface area contributed by atoms with E-state index in [9.17, 15) is 0 Å². The third-order valence-electron chi connectivity index (χ3n) is 12.3. The van der Waals surface area contributed by atoms with Crippen LogP contribution in [-0.2, 0) is 0 Å². The van der Waals surface area contributed by atoms with Crippen molar-refractivity contribution in [1.29, 1.82) is 0 Å². The summed E-state index contributed by atoms with van der Waals surface area (Å²) in [4.78, 5) is 0. The van der Waals surface area contributed by atoms with Crippen LogP contribution >= 0.6 is 0 Å². The number of unbranched alkanes of at least 4 members (excludes halogenated alkanes) is 2. The van der Waals surface area contributed by atoms with Crippen LogP contribution in [0.5, 0.6) is 0 Å². The molecule has 0 saturated heterocycles. The van der Waals surface area contributed by atoms with Crippen molar-refractivity contribution >= 4 is 0 Å². The zero-order valence-corrected chi connectivity index (χ0v) is 21.3. The summed E-state index contributed by atoms with van der Waals surface area (Å²) < 4.78 is 0. The minimum Gasteiger partial charge on any atom is -0.0654 e. The monoisotopic (exact) mass is 388 g/mol. The molecule has 0 nitrogen and oxygen atoms in total. The predicted octanol–water partition coefficient (Wildman–Crippen LogP) is 8.85. The first-order valence-corrected chi connectivity index (χ1v) is 13.0. The van der Waals surface area contributed by atoms with Crippen molar-refractivity contribution in [3.8, 4) is 0 Å². The minimum atomic E-state index is 0.583. The van der Waals surface area contributed by atoms with Crippen LogP contribution in [0.4, 0.5) is 0 Å². The van der Waals surface area contributed by atoms with Crippen LogP contribution in [0.15, 0.2) is 0 Å². The average Bonchev–Trinajstić information content (AvgIpc) is 2.67. The molecule has 0 amide bonds. The fraction of sp³-hybridized carbons (Fsp3) is 1.00. The van der Waals surface area contributed by atoms with E-state index in [1.54, 1.807) is 0 Å². The first-order chi connectivity index (χ1) is 13.0. The number of hydrogen-bond acceptors (Lipinski definition) is 0. The number of rotatable bonds is 6. The summed E-state index contributed by atoms with van der Waals surface area (Å²) in [5, 5.41) is 0. The molecule has 10 atom stereocenters. The Kier molecular flexibility index (Phi) is 5.68. The molecule has 0 N–H and O–H groups in total. The van der Waals surface area contributed by atoms with Crippen molar-refractivity contribution < 1.29 is 0 Å². The van der Waals surface area contributed by atoms with Gasteiger partial charge in [0.2, 0.25) is 0 Å². The summed E-state index contributed by atoms with van der Waals surface area (Å²) in [5.74, 6) is 6.95. The molecule has 0 bridgehead atoms. The highest BCUT2D eigenvalue weighted by Crippen LogP contribution is 2.99. The number of fused-ring (bicyclic) bond motifs is 7. The van der Waals surface area contributed by atoms with Gasteiger partial charge >= 0.3 is 0 Å². The van der Waals surface area contributed by atoms with Gasteiger partial charge in [-0.2, -0.15) is 0 Å². The second-order valence-electron chi connectivity index (χ2n) is 12.6. The lowest BCUT2D eigenvalue weighted by Crippen LogP contribution is -2.95. The molecule has 4 aliphatic rings. The molecule has 4 aliphatic carbocycles. The van der Waals surface area contributed by atoms with Gasteiger partial charge in [-0.15, -0.1) is 0 Å². The summed E-state index contributed by atoms with van der Waals surface area (Å²) in [6, 6.07) is 0. The maximum atomic E-state index is 2.71. The van der Waals surface area contributed by atoms with Crippen LogP contribution in [0, 0.1) is 63.1 Å². The first kappa shape index (κ1) is 22.7. The summed E-state index contributed by atoms with van der Waals surface area (Å²) in [7, 11) is 0. The largest absolute Gasteiger partial charge is 0.0654 e. The number of hydrogen-bond donors (Lipinski definition) is 0. The van der Waals surface area contributed by atoms with E-state index < -0.39 is 0 Å². The van der Waals surface area contributed by atoms with Crippen LogP contribution in [0.25, 0.3) is 0 Å². The Labute approximate surface area is 178 Å². The molecular formula is C28H52. The molecule has 0 heteroatoms. The molecule has 4 rings (SSSR count). The van der Waals surface area contributed by atoms with Crippen LogP contribution in [0.3, 0.4) is 0 Å². The quantitative estimate of drug-likeness (QED) is 0.426. The van der Waals surface area contributed by atoms with Gasteiger partial charge in [0.1, 0.15) is 0 Å². The van der Waals surface area contributed by atoms with Crippen LogP contribution in [0.2, 0.25) is 0 Å². The Morgan fingerprint density at radius 3 is 1.75 bits per heavy atom. The molecule has 4 saturated carbocycles. The topological polar surface area (TPSA) is 0 Å². The fourth-order valence-electron chi connectivity index (χ4n) is 10.1. The first-order valence-electron chi connectivity index (χ1n) is 13.0. The second-order valence-corrected chi connectivity index (χ2v) is 12.6. The second kappa shape index (κ2) is 7.02. The van der Waals surface area contributed by atoms with Gasteiger partial charge in [0, 0.05) is 0 Å². The smallest absolute Gasteiger partial charge is 0.0170 e. The zero-order chi connectivity index (χ0) is 21.3. The molecule has 0 aromatic heterocycles. The normalized spacial score (nSPS) is 55.3. The summed E-state index contributed by atoms with van der Waals surface area (Å²) >= 11 is 0. The van der Waals surface area contributed by atoms with Gasteiger partial charge in [-0.3, -0.25) is 0 Å². The van der Waals surface area contributed by atoms with Gasteiger partial charge in [-0.1, -0.05) is 102 Å². The molecule has 0 aromatic rings. The van der Waals surface area contributed by atoms with E-state index in [4.69, 9.17) is 0 Å². The summed E-state index contributed by atoms with van der Waals surface area (Å²) in [6.07, 6.45) is 8.38. The lowest BCUT2D eigenvalue weighted by atomic mass is 9.05. The fourth-order valence-corrected chi connectivity index (χ4v) is 10.1. The van der Waals surface area contributed by atoms with E-state index >= 15 is 0 Å². The standard InChI is InChI=1S/C23H40.C5H12/c1-10-20(6)15(5)17-19-18-16(12-11-13(2)3)14(4)21(18,7)23(19,9)22(17,20)8;1-3-5-4-2/h13-19H,10-12H2,1-9H3;3-5H2,1-2H3. The van der Waals surface area contributed by atoms with Crippen LogP contribution in [-0.4, -0.2) is 0 Å². The van der Waals surface area contributed by atoms with Crippen molar-refractivity contribution in [2.24, 2.45) is 63.1 Å². The van der Waals surface area contributed by atoms with Crippen molar-refractivity contribution in [3.05, 3.63) is 0 Å². The molecule has 164 valence electrons. The zero-order valence-electron chi connectivity index (χ0n) is 21.3. The van der Waals surface area contributed by atoms with Gasteiger partial charge in [-0.25, -0.2) is 0 Å². The Morgan fingerprint density at radius 1 is 0.750 bits per heavy atom. The van der Waals surface area contributed by atoms with E-state index in [0.29, 0.717) is 21.7 Å². The molecule has 4 fully saturated rings. The Hall–Kier alpha value is 0. The lowest BCUT2D eigenvalue weighted by molar-refractivity contribution is -0.526. The molecule has 0 heterocycles. The van der Waals surface area contributed by atoms with Crippen LogP contribution < -0.4 is 0 Å². The van der Waals surface area contributed by atoms with Crippen molar-refractivity contribution in [3.63, 3.8) is 0 Å². The van der Waals surface area contributed by atoms with Gasteiger partial charge in [0.05, 0.1) is 0 Å². The van der Waals surface area contributed by atoms with Crippen molar-refractivity contribution in [1.82, 2.24) is 0 Å². The Bertz CT molecular complexity index is 575. The van der Waals surface area contributed by atoms with E-state index in [1.807, 2.05) is 0 Å². The third kappa shape index (κ3) is 2.15. The van der Waals surface area contributed by atoms with Gasteiger partial charge < -0.3 is 0 Å². The van der Waals surface area contributed by atoms with E-state index in [1.165, 1.54) is 38.5 Å². The van der Waals surface area contributed by atoms with Gasteiger partial charge in [0.15, 0.2) is 0 Å². The third-order valence-corrected chi connectivity index (χ3v) is 12.3. The summed E-state index contributed by atoms with van der Waals surface area (Å²) in [6.45, 7) is 27.5. The highest BCUT2D eigenvalue weighted by Gasteiger charge is 2.95.